The first-order valence-corrected chi connectivity index (χ1v) is 7.52. The molecule has 1 atom stereocenters. The highest BCUT2D eigenvalue weighted by atomic mass is 79.9. The summed E-state index contributed by atoms with van der Waals surface area (Å²) >= 11 is 3.28. The molecule has 0 aromatic heterocycles. The molecule has 19 heavy (non-hydrogen) atoms. The maximum Gasteiger partial charge on any atom is 0.167 e. The molecule has 1 spiro atoms. The Balaban J connectivity index is 1.79. The smallest absolute Gasteiger partial charge is 0.167 e. The standard InChI is InChI=1S/C15H16BrFO2/c16-13-8-11(17)2-3-12(13)14(18)10-4-7-19-15(9-10)5-1-6-15/h2-3,8,10H,1,4-7,9H2. The van der Waals surface area contributed by atoms with Crippen LogP contribution in [0.5, 0.6) is 0 Å². The largest absolute Gasteiger partial charge is 0.375 e. The summed E-state index contributed by atoms with van der Waals surface area (Å²) in [4.78, 5) is 12.6. The van der Waals surface area contributed by atoms with Crippen molar-refractivity contribution in [3.8, 4) is 0 Å². The summed E-state index contributed by atoms with van der Waals surface area (Å²) in [6.07, 6.45) is 4.92. The van der Waals surface area contributed by atoms with Crippen LogP contribution in [0.4, 0.5) is 4.39 Å². The summed E-state index contributed by atoms with van der Waals surface area (Å²) in [5.74, 6) is -0.205. The van der Waals surface area contributed by atoms with Gasteiger partial charge in [0, 0.05) is 22.6 Å². The van der Waals surface area contributed by atoms with Crippen LogP contribution >= 0.6 is 15.9 Å². The molecule has 102 valence electrons. The number of ether oxygens (including phenoxy) is 1. The topological polar surface area (TPSA) is 26.3 Å². The van der Waals surface area contributed by atoms with Crippen LogP contribution in [0.15, 0.2) is 22.7 Å². The van der Waals surface area contributed by atoms with Crippen molar-refractivity contribution in [3.05, 3.63) is 34.1 Å². The van der Waals surface area contributed by atoms with E-state index in [4.69, 9.17) is 4.74 Å². The first kappa shape index (κ1) is 13.3. The average Bonchev–Trinajstić information content (AvgIpc) is 2.36. The molecular formula is C15H16BrFO2. The van der Waals surface area contributed by atoms with Gasteiger partial charge in [0.2, 0.25) is 0 Å². The summed E-state index contributed by atoms with van der Waals surface area (Å²) in [7, 11) is 0. The molecule has 1 aliphatic heterocycles. The number of halogens is 2. The van der Waals surface area contributed by atoms with Gasteiger partial charge in [-0.3, -0.25) is 4.79 Å². The first-order valence-electron chi connectivity index (χ1n) is 6.73. The second-order valence-electron chi connectivity index (χ2n) is 5.56. The van der Waals surface area contributed by atoms with Gasteiger partial charge in [0.1, 0.15) is 5.82 Å². The van der Waals surface area contributed by atoms with E-state index in [1.165, 1.54) is 18.6 Å². The third-order valence-corrected chi connectivity index (χ3v) is 4.98. The lowest BCUT2D eigenvalue weighted by atomic mass is 9.70. The zero-order valence-electron chi connectivity index (χ0n) is 10.6. The van der Waals surface area contributed by atoms with Crippen LogP contribution in [-0.2, 0) is 4.74 Å². The quantitative estimate of drug-likeness (QED) is 0.764. The lowest BCUT2D eigenvalue weighted by Crippen LogP contribution is -2.47. The number of carbonyl (C=O) groups is 1. The molecule has 3 rings (SSSR count). The molecule has 0 radical (unpaired) electrons. The highest BCUT2D eigenvalue weighted by molar-refractivity contribution is 9.10. The van der Waals surface area contributed by atoms with Crippen LogP contribution in [0.2, 0.25) is 0 Å². The van der Waals surface area contributed by atoms with E-state index in [-0.39, 0.29) is 23.1 Å². The Morgan fingerprint density at radius 3 is 2.84 bits per heavy atom. The molecule has 2 aliphatic rings. The van der Waals surface area contributed by atoms with Crippen LogP contribution in [0.1, 0.15) is 42.5 Å². The van der Waals surface area contributed by atoms with Crippen molar-refractivity contribution >= 4 is 21.7 Å². The zero-order valence-corrected chi connectivity index (χ0v) is 12.2. The van der Waals surface area contributed by atoms with Gasteiger partial charge >= 0.3 is 0 Å². The Bertz CT molecular complexity index is 511. The molecule has 0 N–H and O–H groups in total. The Labute approximate surface area is 120 Å². The van der Waals surface area contributed by atoms with E-state index >= 15 is 0 Å². The van der Waals surface area contributed by atoms with Crippen molar-refractivity contribution in [3.63, 3.8) is 0 Å². The molecular weight excluding hydrogens is 311 g/mol. The second kappa shape index (κ2) is 4.98. The minimum Gasteiger partial charge on any atom is -0.375 e. The summed E-state index contributed by atoms with van der Waals surface area (Å²) in [5, 5.41) is 0. The molecule has 1 aromatic carbocycles. The van der Waals surface area contributed by atoms with E-state index < -0.39 is 0 Å². The minimum absolute atomic E-state index is 0.0100. The van der Waals surface area contributed by atoms with Gasteiger partial charge in [0.25, 0.3) is 0 Å². The van der Waals surface area contributed by atoms with E-state index in [0.29, 0.717) is 16.6 Å². The highest BCUT2D eigenvalue weighted by Crippen LogP contribution is 2.45. The van der Waals surface area contributed by atoms with Crippen LogP contribution in [0.25, 0.3) is 0 Å². The van der Waals surface area contributed by atoms with Gasteiger partial charge in [-0.15, -0.1) is 0 Å². The fourth-order valence-electron chi connectivity index (χ4n) is 3.08. The number of rotatable bonds is 2. The van der Waals surface area contributed by atoms with Crippen LogP contribution in [0, 0.1) is 11.7 Å². The number of benzene rings is 1. The lowest BCUT2D eigenvalue weighted by molar-refractivity contribution is -0.137. The molecule has 4 heteroatoms. The van der Waals surface area contributed by atoms with E-state index in [0.717, 1.165) is 25.7 Å². The van der Waals surface area contributed by atoms with Crippen molar-refractivity contribution in [2.75, 3.05) is 6.61 Å². The first-order chi connectivity index (χ1) is 9.10. The van der Waals surface area contributed by atoms with Crippen molar-refractivity contribution in [2.45, 2.75) is 37.7 Å². The lowest BCUT2D eigenvalue weighted by Gasteiger charge is -2.46. The Kier molecular flexibility index (Phi) is 3.48. The maximum absolute atomic E-state index is 13.1. The predicted molar refractivity (Wildman–Crippen MR) is 73.7 cm³/mol. The van der Waals surface area contributed by atoms with Crippen molar-refractivity contribution in [1.29, 1.82) is 0 Å². The fraction of sp³-hybridized carbons (Fsp3) is 0.533. The number of carbonyl (C=O) groups excluding carboxylic acids is 1. The zero-order chi connectivity index (χ0) is 13.5. The van der Waals surface area contributed by atoms with Gasteiger partial charge in [-0.2, -0.15) is 0 Å². The molecule has 1 saturated carbocycles. The molecule has 1 aromatic rings. The average molecular weight is 327 g/mol. The molecule has 0 bridgehead atoms. The van der Waals surface area contributed by atoms with Crippen LogP contribution in [0.3, 0.4) is 0 Å². The molecule has 0 amide bonds. The van der Waals surface area contributed by atoms with Gasteiger partial charge in [0.15, 0.2) is 5.78 Å². The Morgan fingerprint density at radius 1 is 1.42 bits per heavy atom. The molecule has 2 fully saturated rings. The van der Waals surface area contributed by atoms with E-state index in [9.17, 15) is 9.18 Å². The second-order valence-corrected chi connectivity index (χ2v) is 6.42. The predicted octanol–water partition coefficient (Wildman–Crippen LogP) is 4.12. The fourth-order valence-corrected chi connectivity index (χ4v) is 3.63. The summed E-state index contributed by atoms with van der Waals surface area (Å²) in [6, 6.07) is 4.27. The summed E-state index contributed by atoms with van der Waals surface area (Å²) < 4.78 is 19.5. The van der Waals surface area contributed by atoms with Crippen molar-refractivity contribution in [2.24, 2.45) is 5.92 Å². The normalized spacial score (nSPS) is 25.1. The van der Waals surface area contributed by atoms with Gasteiger partial charge in [-0.05, 0) is 66.2 Å². The minimum atomic E-state index is -0.328. The molecule has 2 nitrogen and oxygen atoms in total. The van der Waals surface area contributed by atoms with Crippen molar-refractivity contribution < 1.29 is 13.9 Å². The number of ketones is 1. The highest BCUT2D eigenvalue weighted by Gasteiger charge is 2.44. The third kappa shape index (κ3) is 2.48. The van der Waals surface area contributed by atoms with Gasteiger partial charge in [-0.25, -0.2) is 4.39 Å². The molecule has 1 aliphatic carbocycles. The summed E-state index contributed by atoms with van der Waals surface area (Å²) in [6.45, 7) is 0.662. The van der Waals surface area contributed by atoms with Crippen molar-refractivity contribution in [1.82, 2.24) is 0 Å². The van der Waals surface area contributed by atoms with E-state index in [1.807, 2.05) is 0 Å². The third-order valence-electron chi connectivity index (χ3n) is 4.33. The van der Waals surface area contributed by atoms with E-state index in [2.05, 4.69) is 15.9 Å². The number of Topliss-reactive ketones (excluding diaryl/α,β-unsaturated/α-hetero) is 1. The van der Waals surface area contributed by atoms with Crippen LogP contribution < -0.4 is 0 Å². The number of hydrogen-bond donors (Lipinski definition) is 0. The monoisotopic (exact) mass is 326 g/mol. The maximum atomic E-state index is 13.1. The molecule has 1 heterocycles. The molecule has 1 unspecified atom stereocenters. The van der Waals surface area contributed by atoms with Gasteiger partial charge in [0.05, 0.1) is 5.60 Å². The SMILES string of the molecule is O=C(c1ccc(F)cc1Br)C1CCOC2(CCC2)C1. The Morgan fingerprint density at radius 2 is 2.21 bits per heavy atom. The summed E-state index contributed by atoms with van der Waals surface area (Å²) in [5.41, 5.74) is 0.549. The Hall–Kier alpha value is -0.740. The number of hydrogen-bond acceptors (Lipinski definition) is 2. The van der Waals surface area contributed by atoms with E-state index in [1.54, 1.807) is 6.07 Å². The van der Waals surface area contributed by atoms with Gasteiger partial charge < -0.3 is 4.74 Å². The molecule has 1 saturated heterocycles. The van der Waals surface area contributed by atoms with Crippen LogP contribution in [-0.4, -0.2) is 18.0 Å². The van der Waals surface area contributed by atoms with Gasteiger partial charge in [-0.1, -0.05) is 0 Å².